The minimum atomic E-state index is -0.395. The number of fused-ring (bicyclic) bond motifs is 1. The molecule has 0 saturated carbocycles. The van der Waals surface area contributed by atoms with E-state index < -0.39 is 6.04 Å². The lowest BCUT2D eigenvalue weighted by Gasteiger charge is -2.11. The first-order chi connectivity index (χ1) is 9.22. The summed E-state index contributed by atoms with van der Waals surface area (Å²) in [6, 6.07) is 5.86. The van der Waals surface area contributed by atoms with E-state index in [2.05, 4.69) is 28.1 Å². The molecule has 0 spiro atoms. The molecule has 0 aliphatic carbocycles. The second kappa shape index (κ2) is 6.47. The van der Waals surface area contributed by atoms with Crippen molar-refractivity contribution in [3.05, 3.63) is 34.9 Å². The van der Waals surface area contributed by atoms with E-state index >= 15 is 0 Å². The van der Waals surface area contributed by atoms with Crippen LogP contribution >= 0.6 is 24.2 Å². The van der Waals surface area contributed by atoms with Gasteiger partial charge in [0, 0.05) is 25.4 Å². The number of thioether (sulfide) groups is 1. The van der Waals surface area contributed by atoms with Crippen LogP contribution in [0.15, 0.2) is 18.2 Å². The molecule has 0 aromatic heterocycles. The molecule has 1 saturated heterocycles. The van der Waals surface area contributed by atoms with Crippen LogP contribution in [0.3, 0.4) is 0 Å². The molecule has 1 aromatic rings. The standard InChI is InChI=1S/C13H15N3O2S.ClH/c17-12(11-7-19-13(18)16-11)15-4-8-1-2-9-5-14-6-10(9)3-8;/h1-3,11,14H,4-7H2,(H,15,17)(H,16,18);1H/t11-;/m0./s1. The molecule has 1 aromatic carbocycles. The van der Waals surface area contributed by atoms with Gasteiger partial charge in [0.15, 0.2) is 0 Å². The number of benzene rings is 1. The van der Waals surface area contributed by atoms with Crippen molar-refractivity contribution >= 4 is 35.3 Å². The van der Waals surface area contributed by atoms with E-state index in [9.17, 15) is 9.59 Å². The van der Waals surface area contributed by atoms with Gasteiger partial charge in [-0.3, -0.25) is 9.59 Å². The highest BCUT2D eigenvalue weighted by Crippen LogP contribution is 2.17. The van der Waals surface area contributed by atoms with E-state index in [1.54, 1.807) is 0 Å². The molecule has 3 rings (SSSR count). The predicted molar refractivity (Wildman–Crippen MR) is 80.9 cm³/mol. The monoisotopic (exact) mass is 313 g/mol. The highest BCUT2D eigenvalue weighted by Gasteiger charge is 2.27. The van der Waals surface area contributed by atoms with Crippen LogP contribution in [0.5, 0.6) is 0 Å². The van der Waals surface area contributed by atoms with Crippen LogP contribution in [0.1, 0.15) is 16.7 Å². The minimum Gasteiger partial charge on any atom is -0.350 e. The van der Waals surface area contributed by atoms with Crippen LogP contribution in [0.2, 0.25) is 0 Å². The summed E-state index contributed by atoms with van der Waals surface area (Å²) in [5.41, 5.74) is 3.72. The van der Waals surface area contributed by atoms with Crippen molar-refractivity contribution in [3.8, 4) is 0 Å². The lowest BCUT2D eigenvalue weighted by molar-refractivity contribution is -0.122. The summed E-state index contributed by atoms with van der Waals surface area (Å²) in [5.74, 6) is 0.399. The fraction of sp³-hybridized carbons (Fsp3) is 0.385. The summed E-state index contributed by atoms with van der Waals surface area (Å²) >= 11 is 1.15. The normalized spacial score (nSPS) is 20.0. The number of rotatable bonds is 3. The van der Waals surface area contributed by atoms with Crippen LogP contribution < -0.4 is 16.0 Å². The summed E-state index contributed by atoms with van der Waals surface area (Å²) in [6.07, 6.45) is 0. The van der Waals surface area contributed by atoms with E-state index in [0.717, 1.165) is 30.4 Å². The zero-order valence-electron chi connectivity index (χ0n) is 10.8. The van der Waals surface area contributed by atoms with Gasteiger partial charge < -0.3 is 16.0 Å². The maximum atomic E-state index is 11.8. The molecule has 3 N–H and O–H groups in total. The number of hydrogen-bond acceptors (Lipinski definition) is 4. The molecule has 0 radical (unpaired) electrons. The minimum absolute atomic E-state index is 0. The topological polar surface area (TPSA) is 70.2 Å². The maximum absolute atomic E-state index is 11.8. The number of hydrogen-bond donors (Lipinski definition) is 3. The van der Waals surface area contributed by atoms with Gasteiger partial charge in [-0.15, -0.1) is 12.4 Å². The smallest absolute Gasteiger partial charge is 0.279 e. The van der Waals surface area contributed by atoms with Gasteiger partial charge in [-0.25, -0.2) is 0 Å². The van der Waals surface area contributed by atoms with Crippen molar-refractivity contribution in [2.45, 2.75) is 25.7 Å². The van der Waals surface area contributed by atoms with Gasteiger partial charge in [-0.05, 0) is 16.7 Å². The summed E-state index contributed by atoms with van der Waals surface area (Å²) in [5, 5.41) is 8.67. The molecule has 0 unspecified atom stereocenters. The Morgan fingerprint density at radius 3 is 2.90 bits per heavy atom. The summed E-state index contributed by atoms with van der Waals surface area (Å²) in [4.78, 5) is 22.9. The van der Waals surface area contributed by atoms with Crippen molar-refractivity contribution in [2.24, 2.45) is 0 Å². The quantitative estimate of drug-likeness (QED) is 0.783. The first kappa shape index (κ1) is 15.2. The molecule has 7 heteroatoms. The fourth-order valence-electron chi connectivity index (χ4n) is 2.30. The lowest BCUT2D eigenvalue weighted by atomic mass is 10.1. The Morgan fingerprint density at radius 1 is 1.35 bits per heavy atom. The zero-order chi connectivity index (χ0) is 13.2. The molecule has 1 fully saturated rings. The molecule has 0 bridgehead atoms. The van der Waals surface area contributed by atoms with E-state index in [1.807, 2.05) is 6.07 Å². The van der Waals surface area contributed by atoms with Crippen LogP contribution in [-0.4, -0.2) is 22.9 Å². The van der Waals surface area contributed by atoms with E-state index in [4.69, 9.17) is 0 Å². The van der Waals surface area contributed by atoms with Crippen LogP contribution in [0.25, 0.3) is 0 Å². The van der Waals surface area contributed by atoms with E-state index in [1.165, 1.54) is 11.1 Å². The number of carbonyl (C=O) groups is 2. The number of halogens is 1. The molecule has 5 nitrogen and oxygen atoms in total. The summed E-state index contributed by atoms with van der Waals surface area (Å²) < 4.78 is 0. The van der Waals surface area contributed by atoms with Gasteiger partial charge in [-0.1, -0.05) is 30.0 Å². The Balaban J connectivity index is 0.00000147. The maximum Gasteiger partial charge on any atom is 0.279 e. The van der Waals surface area contributed by atoms with E-state index in [-0.39, 0.29) is 23.6 Å². The van der Waals surface area contributed by atoms with Gasteiger partial charge in [0.1, 0.15) is 6.04 Å². The largest absolute Gasteiger partial charge is 0.350 e. The SMILES string of the molecule is Cl.O=C1N[C@H](C(=O)NCc2ccc3c(c2)CNC3)CS1. The Morgan fingerprint density at radius 2 is 2.15 bits per heavy atom. The lowest BCUT2D eigenvalue weighted by Crippen LogP contribution is -2.42. The van der Waals surface area contributed by atoms with Crippen LogP contribution in [0.4, 0.5) is 4.79 Å². The molecule has 108 valence electrons. The highest BCUT2D eigenvalue weighted by atomic mass is 35.5. The third-order valence-corrected chi connectivity index (χ3v) is 4.24. The molecular formula is C13H16ClN3O2S. The fourth-order valence-corrected chi connectivity index (χ4v) is 3.07. The number of carbonyl (C=O) groups excluding carboxylic acids is 2. The van der Waals surface area contributed by atoms with Crippen molar-refractivity contribution in [3.63, 3.8) is 0 Å². The van der Waals surface area contributed by atoms with Gasteiger partial charge in [0.25, 0.3) is 5.24 Å². The van der Waals surface area contributed by atoms with Crippen molar-refractivity contribution in [1.29, 1.82) is 0 Å². The molecule has 2 heterocycles. The molecule has 2 amide bonds. The first-order valence-electron chi connectivity index (χ1n) is 6.25. The van der Waals surface area contributed by atoms with Crippen molar-refractivity contribution in [1.82, 2.24) is 16.0 Å². The van der Waals surface area contributed by atoms with Gasteiger partial charge in [-0.2, -0.15) is 0 Å². The Labute approximate surface area is 127 Å². The Bertz CT molecular complexity index is 538. The Hall–Kier alpha value is -1.24. The Kier molecular flexibility index (Phi) is 4.91. The third kappa shape index (κ3) is 3.26. The second-order valence-corrected chi connectivity index (χ2v) is 5.71. The van der Waals surface area contributed by atoms with Crippen LogP contribution in [0, 0.1) is 0 Å². The molecule has 2 aliphatic rings. The number of nitrogens with one attached hydrogen (secondary N) is 3. The first-order valence-corrected chi connectivity index (χ1v) is 7.23. The second-order valence-electron chi connectivity index (χ2n) is 4.72. The van der Waals surface area contributed by atoms with Gasteiger partial charge >= 0.3 is 0 Å². The average Bonchev–Trinajstić information content (AvgIpc) is 3.03. The molecule has 20 heavy (non-hydrogen) atoms. The molecule has 2 aliphatic heterocycles. The predicted octanol–water partition coefficient (Wildman–Crippen LogP) is 1.15. The summed E-state index contributed by atoms with van der Waals surface area (Å²) in [6.45, 7) is 2.32. The number of amides is 2. The third-order valence-electron chi connectivity index (χ3n) is 3.36. The van der Waals surface area contributed by atoms with Crippen molar-refractivity contribution < 1.29 is 9.59 Å². The van der Waals surface area contributed by atoms with Crippen molar-refractivity contribution in [2.75, 3.05) is 5.75 Å². The summed E-state index contributed by atoms with van der Waals surface area (Å²) in [7, 11) is 0. The molecular weight excluding hydrogens is 298 g/mol. The average molecular weight is 314 g/mol. The van der Waals surface area contributed by atoms with Gasteiger partial charge in [0.05, 0.1) is 0 Å². The van der Waals surface area contributed by atoms with Gasteiger partial charge in [0.2, 0.25) is 5.91 Å². The van der Waals surface area contributed by atoms with Crippen LogP contribution in [-0.2, 0) is 24.4 Å². The highest BCUT2D eigenvalue weighted by molar-refractivity contribution is 8.14. The molecule has 1 atom stereocenters. The van der Waals surface area contributed by atoms with E-state index in [0.29, 0.717) is 12.3 Å². The zero-order valence-corrected chi connectivity index (χ0v) is 12.4.